The van der Waals surface area contributed by atoms with Crippen molar-refractivity contribution in [3.63, 3.8) is 0 Å². The SMILES string of the molecule is C=COCC.CCOC(N)=O. The molecule has 0 rings (SSSR count). The Morgan fingerprint density at radius 3 is 2.09 bits per heavy atom. The Morgan fingerprint density at radius 1 is 1.55 bits per heavy atom. The normalized spacial score (nSPS) is 7.09. The molecular weight excluding hydrogens is 146 g/mol. The van der Waals surface area contributed by atoms with Crippen molar-refractivity contribution < 1.29 is 14.3 Å². The smallest absolute Gasteiger partial charge is 0.404 e. The quantitative estimate of drug-likeness (QED) is 0.634. The molecule has 11 heavy (non-hydrogen) atoms. The van der Waals surface area contributed by atoms with Gasteiger partial charge in [0.1, 0.15) is 0 Å². The molecule has 0 unspecified atom stereocenters. The summed E-state index contributed by atoms with van der Waals surface area (Å²) in [6.07, 6.45) is 0.720. The van der Waals surface area contributed by atoms with E-state index in [1.807, 2.05) is 6.92 Å². The molecule has 66 valence electrons. The fraction of sp³-hybridized carbons (Fsp3) is 0.571. The summed E-state index contributed by atoms with van der Waals surface area (Å²) >= 11 is 0. The lowest BCUT2D eigenvalue weighted by molar-refractivity contribution is 0.163. The van der Waals surface area contributed by atoms with Gasteiger partial charge in [-0.15, -0.1) is 0 Å². The first-order chi connectivity index (χ1) is 5.18. The molecule has 0 aromatic heterocycles. The van der Waals surface area contributed by atoms with Crippen LogP contribution < -0.4 is 5.73 Å². The predicted molar refractivity (Wildman–Crippen MR) is 43.0 cm³/mol. The van der Waals surface area contributed by atoms with Crippen molar-refractivity contribution >= 4 is 6.09 Å². The molecule has 2 N–H and O–H groups in total. The highest BCUT2D eigenvalue weighted by molar-refractivity contribution is 5.64. The highest BCUT2D eigenvalue weighted by Gasteiger charge is 1.82. The summed E-state index contributed by atoms with van der Waals surface area (Å²) in [5.74, 6) is 0. The Bertz CT molecular complexity index is 104. The molecular formula is C7H15NO3. The summed E-state index contributed by atoms with van der Waals surface area (Å²) in [6.45, 7) is 8.03. The van der Waals surface area contributed by atoms with Crippen molar-refractivity contribution in [2.75, 3.05) is 13.2 Å². The first kappa shape index (κ1) is 12.5. The van der Waals surface area contributed by atoms with E-state index in [2.05, 4.69) is 21.8 Å². The Labute approximate surface area is 67.0 Å². The number of hydrogen-bond acceptors (Lipinski definition) is 3. The van der Waals surface area contributed by atoms with Crippen molar-refractivity contribution in [1.82, 2.24) is 0 Å². The maximum absolute atomic E-state index is 9.60. The Kier molecular flexibility index (Phi) is 13.1. The molecule has 0 aliphatic heterocycles. The number of carbonyl (C=O) groups excluding carboxylic acids is 1. The summed E-state index contributed by atoms with van der Waals surface area (Å²) in [6, 6.07) is 0. The van der Waals surface area contributed by atoms with Gasteiger partial charge in [0.2, 0.25) is 0 Å². The van der Waals surface area contributed by atoms with Crippen molar-refractivity contribution in [3.8, 4) is 0 Å². The molecule has 1 amide bonds. The minimum absolute atomic E-state index is 0.356. The van der Waals surface area contributed by atoms with E-state index in [4.69, 9.17) is 0 Å². The minimum atomic E-state index is -0.711. The Morgan fingerprint density at radius 2 is 2.09 bits per heavy atom. The average Bonchev–Trinajstić information content (AvgIpc) is 1.90. The van der Waals surface area contributed by atoms with Crippen LogP contribution in [0.5, 0.6) is 0 Å². The van der Waals surface area contributed by atoms with E-state index in [-0.39, 0.29) is 0 Å². The first-order valence-electron chi connectivity index (χ1n) is 3.33. The van der Waals surface area contributed by atoms with Crippen molar-refractivity contribution in [2.24, 2.45) is 5.73 Å². The lowest BCUT2D eigenvalue weighted by atomic mass is 10.9. The number of primary amides is 1. The van der Waals surface area contributed by atoms with E-state index in [1.165, 1.54) is 6.26 Å². The third-order valence-corrected chi connectivity index (χ3v) is 0.571. The molecule has 0 radical (unpaired) electrons. The molecule has 0 atom stereocenters. The molecule has 0 heterocycles. The standard InChI is InChI=1S/C4H8O.C3H7NO2/c1-3-5-4-2;1-2-6-3(4)5/h3H,1,4H2,2H3;2H2,1H3,(H2,4,5). The Hall–Kier alpha value is -1.19. The highest BCUT2D eigenvalue weighted by atomic mass is 16.5. The second-order valence-corrected chi connectivity index (χ2v) is 1.37. The van der Waals surface area contributed by atoms with E-state index in [1.54, 1.807) is 6.92 Å². The van der Waals surface area contributed by atoms with Crippen LogP contribution in [0.4, 0.5) is 4.79 Å². The van der Waals surface area contributed by atoms with Crippen molar-refractivity contribution in [3.05, 3.63) is 12.8 Å². The first-order valence-corrected chi connectivity index (χ1v) is 3.33. The van der Waals surface area contributed by atoms with Gasteiger partial charge in [-0.1, -0.05) is 6.58 Å². The van der Waals surface area contributed by atoms with Crippen LogP contribution in [-0.2, 0) is 9.47 Å². The number of amides is 1. The summed E-state index contributed by atoms with van der Waals surface area (Å²) in [7, 11) is 0. The number of carbonyl (C=O) groups is 1. The molecule has 0 saturated carbocycles. The van der Waals surface area contributed by atoms with Gasteiger partial charge in [-0.3, -0.25) is 0 Å². The van der Waals surface area contributed by atoms with Gasteiger partial charge < -0.3 is 15.2 Å². The largest absolute Gasteiger partial charge is 0.502 e. The van der Waals surface area contributed by atoms with Gasteiger partial charge in [0.25, 0.3) is 0 Å². The van der Waals surface area contributed by atoms with Crippen LogP contribution in [0.1, 0.15) is 13.8 Å². The molecule has 0 aromatic carbocycles. The van der Waals surface area contributed by atoms with Crippen molar-refractivity contribution in [1.29, 1.82) is 0 Å². The zero-order valence-corrected chi connectivity index (χ0v) is 7.00. The maximum Gasteiger partial charge on any atom is 0.404 e. The van der Waals surface area contributed by atoms with Gasteiger partial charge in [-0.05, 0) is 13.8 Å². The van der Waals surface area contributed by atoms with E-state index >= 15 is 0 Å². The van der Waals surface area contributed by atoms with Crippen molar-refractivity contribution in [2.45, 2.75) is 13.8 Å². The molecule has 0 bridgehead atoms. The van der Waals surface area contributed by atoms with Gasteiger partial charge in [-0.25, -0.2) is 4.79 Å². The summed E-state index contributed by atoms with van der Waals surface area (Å²) in [5, 5.41) is 0. The van der Waals surface area contributed by atoms with Crippen LogP contribution in [0.2, 0.25) is 0 Å². The third-order valence-electron chi connectivity index (χ3n) is 0.571. The summed E-state index contributed by atoms with van der Waals surface area (Å²) in [4.78, 5) is 9.60. The van der Waals surface area contributed by atoms with Gasteiger partial charge in [-0.2, -0.15) is 0 Å². The molecule has 0 saturated heterocycles. The number of rotatable bonds is 3. The lowest BCUT2D eigenvalue weighted by Crippen LogP contribution is -2.11. The van der Waals surface area contributed by atoms with Gasteiger partial charge in [0, 0.05) is 0 Å². The lowest BCUT2D eigenvalue weighted by Gasteiger charge is -1.89. The number of ether oxygens (including phenoxy) is 2. The summed E-state index contributed by atoms with van der Waals surface area (Å²) in [5.41, 5.74) is 4.54. The van der Waals surface area contributed by atoms with Crippen LogP contribution in [0, 0.1) is 0 Å². The second-order valence-electron chi connectivity index (χ2n) is 1.37. The minimum Gasteiger partial charge on any atom is -0.502 e. The fourth-order valence-electron chi connectivity index (χ4n) is 0.260. The molecule has 0 aromatic rings. The van der Waals surface area contributed by atoms with E-state index < -0.39 is 6.09 Å². The van der Waals surface area contributed by atoms with E-state index in [9.17, 15) is 4.79 Å². The number of hydrogen-bond donors (Lipinski definition) is 1. The van der Waals surface area contributed by atoms with Crippen LogP contribution in [0.3, 0.4) is 0 Å². The highest BCUT2D eigenvalue weighted by Crippen LogP contribution is 1.66. The predicted octanol–water partition coefficient (Wildman–Crippen LogP) is 1.27. The average molecular weight is 161 g/mol. The van der Waals surface area contributed by atoms with Gasteiger partial charge in [0.05, 0.1) is 19.5 Å². The van der Waals surface area contributed by atoms with Gasteiger partial charge >= 0.3 is 6.09 Å². The van der Waals surface area contributed by atoms with E-state index in [0.717, 1.165) is 6.61 Å². The molecule has 0 aliphatic rings. The van der Waals surface area contributed by atoms with Crippen LogP contribution in [0.25, 0.3) is 0 Å². The van der Waals surface area contributed by atoms with E-state index in [0.29, 0.717) is 6.61 Å². The second kappa shape index (κ2) is 11.6. The molecule has 4 nitrogen and oxygen atoms in total. The zero-order chi connectivity index (χ0) is 9.11. The molecule has 0 spiro atoms. The number of nitrogens with two attached hydrogens (primary N) is 1. The zero-order valence-electron chi connectivity index (χ0n) is 7.00. The van der Waals surface area contributed by atoms with Crippen LogP contribution >= 0.6 is 0 Å². The topological polar surface area (TPSA) is 61.6 Å². The molecule has 0 aliphatic carbocycles. The third kappa shape index (κ3) is 28.1. The molecule has 4 heteroatoms. The van der Waals surface area contributed by atoms with Crippen LogP contribution in [0.15, 0.2) is 12.8 Å². The monoisotopic (exact) mass is 161 g/mol. The maximum atomic E-state index is 9.60. The van der Waals surface area contributed by atoms with Crippen LogP contribution in [-0.4, -0.2) is 19.3 Å². The molecule has 0 fully saturated rings. The Balaban J connectivity index is 0. The summed E-state index contributed by atoms with van der Waals surface area (Å²) < 4.78 is 8.78. The fourth-order valence-corrected chi connectivity index (χ4v) is 0.260. The van der Waals surface area contributed by atoms with Gasteiger partial charge in [0.15, 0.2) is 0 Å².